The zero-order valence-corrected chi connectivity index (χ0v) is 11.0. The molecule has 0 fully saturated rings. The molecule has 0 bridgehead atoms. The number of hydrogen-bond acceptors (Lipinski definition) is 3. The maximum absolute atomic E-state index is 11.9. The molecule has 18 heavy (non-hydrogen) atoms. The predicted molar refractivity (Wildman–Crippen MR) is 71.2 cm³/mol. The summed E-state index contributed by atoms with van der Waals surface area (Å²) >= 11 is 11.8. The van der Waals surface area contributed by atoms with Crippen LogP contribution in [0.5, 0.6) is 0 Å². The van der Waals surface area contributed by atoms with E-state index in [1.54, 1.807) is 25.1 Å². The van der Waals surface area contributed by atoms with Gasteiger partial charge < -0.3 is 5.32 Å². The Morgan fingerprint density at radius 2 is 2.06 bits per heavy atom. The lowest BCUT2D eigenvalue weighted by Crippen LogP contribution is -2.14. The van der Waals surface area contributed by atoms with Crippen molar-refractivity contribution in [3.05, 3.63) is 51.9 Å². The van der Waals surface area contributed by atoms with Gasteiger partial charge in [-0.15, -0.1) is 0 Å². The Balaban J connectivity index is 2.22. The first-order chi connectivity index (χ1) is 8.56. The molecule has 0 aliphatic heterocycles. The number of carbonyl (C=O) groups is 1. The van der Waals surface area contributed by atoms with E-state index >= 15 is 0 Å². The Hall–Kier alpha value is -1.65. The largest absolute Gasteiger partial charge is 0.306 e. The van der Waals surface area contributed by atoms with Crippen molar-refractivity contribution in [2.75, 3.05) is 5.32 Å². The molecule has 2 heterocycles. The first kappa shape index (κ1) is 12.8. The van der Waals surface area contributed by atoms with E-state index < -0.39 is 0 Å². The molecule has 0 aromatic carbocycles. The number of pyridine rings is 2. The molecule has 0 saturated carbocycles. The van der Waals surface area contributed by atoms with Crippen LogP contribution in [0.2, 0.25) is 10.0 Å². The highest BCUT2D eigenvalue weighted by Gasteiger charge is 2.12. The van der Waals surface area contributed by atoms with Crippen molar-refractivity contribution in [1.29, 1.82) is 0 Å². The van der Waals surface area contributed by atoms with Gasteiger partial charge in [-0.25, -0.2) is 4.98 Å². The molecule has 0 radical (unpaired) electrons. The van der Waals surface area contributed by atoms with Crippen LogP contribution in [0, 0.1) is 6.92 Å². The molecule has 2 rings (SSSR count). The maximum atomic E-state index is 11.9. The average Bonchev–Trinajstić information content (AvgIpc) is 2.28. The number of aryl methyl sites for hydroxylation is 1. The van der Waals surface area contributed by atoms with Crippen molar-refractivity contribution in [3.63, 3.8) is 0 Å². The highest BCUT2D eigenvalue weighted by Crippen LogP contribution is 2.18. The van der Waals surface area contributed by atoms with Crippen molar-refractivity contribution in [3.8, 4) is 0 Å². The van der Waals surface area contributed by atoms with Crippen LogP contribution in [0.15, 0.2) is 30.6 Å². The van der Waals surface area contributed by atoms with Gasteiger partial charge in [0.15, 0.2) is 0 Å². The number of nitrogens with zero attached hydrogens (tertiary/aromatic N) is 2. The lowest BCUT2D eigenvalue weighted by atomic mass is 10.2. The van der Waals surface area contributed by atoms with Crippen LogP contribution >= 0.6 is 23.2 Å². The second kappa shape index (κ2) is 5.33. The van der Waals surface area contributed by atoms with Crippen molar-refractivity contribution < 1.29 is 4.79 Å². The van der Waals surface area contributed by atoms with Gasteiger partial charge >= 0.3 is 0 Å². The van der Waals surface area contributed by atoms with Gasteiger partial charge in [0, 0.05) is 23.1 Å². The number of hydrogen-bond donors (Lipinski definition) is 1. The summed E-state index contributed by atoms with van der Waals surface area (Å²) in [5.41, 5.74) is 1.04. The summed E-state index contributed by atoms with van der Waals surface area (Å²) in [4.78, 5) is 19.9. The van der Waals surface area contributed by atoms with E-state index in [1.165, 1.54) is 12.4 Å². The van der Waals surface area contributed by atoms with Crippen molar-refractivity contribution in [1.82, 2.24) is 9.97 Å². The Kier molecular flexibility index (Phi) is 3.79. The summed E-state index contributed by atoms with van der Waals surface area (Å²) in [6, 6.07) is 4.80. The van der Waals surface area contributed by atoms with E-state index in [2.05, 4.69) is 15.3 Å². The van der Waals surface area contributed by atoms with E-state index in [4.69, 9.17) is 23.2 Å². The Labute approximate surface area is 114 Å². The molecule has 1 N–H and O–H groups in total. The molecule has 1 amide bonds. The molecule has 0 saturated heterocycles. The number of aromatic nitrogens is 2. The van der Waals surface area contributed by atoms with E-state index in [0.29, 0.717) is 21.4 Å². The number of halogens is 2. The SMILES string of the molecule is Cc1cc(Cl)c(C(=O)Nc2cc(Cl)ccn2)cn1. The van der Waals surface area contributed by atoms with Gasteiger partial charge in [0.05, 0.1) is 10.6 Å². The predicted octanol–water partition coefficient (Wildman–Crippen LogP) is 3.34. The van der Waals surface area contributed by atoms with Crippen LogP contribution in [0.25, 0.3) is 0 Å². The van der Waals surface area contributed by atoms with Crippen molar-refractivity contribution in [2.45, 2.75) is 6.92 Å². The number of nitrogens with one attached hydrogen (secondary N) is 1. The second-order valence-electron chi connectivity index (χ2n) is 3.62. The first-order valence-corrected chi connectivity index (χ1v) is 5.87. The quantitative estimate of drug-likeness (QED) is 0.919. The fraction of sp³-hybridized carbons (Fsp3) is 0.0833. The molecule has 2 aromatic rings. The summed E-state index contributed by atoms with van der Waals surface area (Å²) in [7, 11) is 0. The second-order valence-corrected chi connectivity index (χ2v) is 4.46. The molecule has 0 atom stereocenters. The molecule has 92 valence electrons. The van der Waals surface area contributed by atoms with Crippen LogP contribution in [0.3, 0.4) is 0 Å². The van der Waals surface area contributed by atoms with E-state index in [1.807, 2.05) is 0 Å². The minimum atomic E-state index is -0.373. The lowest BCUT2D eigenvalue weighted by molar-refractivity contribution is 0.102. The zero-order valence-electron chi connectivity index (χ0n) is 9.45. The van der Waals surface area contributed by atoms with Crippen LogP contribution in [-0.4, -0.2) is 15.9 Å². The van der Waals surface area contributed by atoms with Gasteiger partial charge in [-0.2, -0.15) is 0 Å². The Bertz CT molecular complexity index is 602. The summed E-state index contributed by atoms with van der Waals surface area (Å²) < 4.78 is 0. The minimum absolute atomic E-state index is 0.295. The summed E-state index contributed by atoms with van der Waals surface area (Å²) in [5.74, 6) is -0.00796. The number of anilines is 1. The smallest absolute Gasteiger partial charge is 0.259 e. The Morgan fingerprint density at radius 1 is 1.28 bits per heavy atom. The lowest BCUT2D eigenvalue weighted by Gasteiger charge is -2.06. The number of rotatable bonds is 2. The van der Waals surface area contributed by atoms with Crippen molar-refractivity contribution in [2.24, 2.45) is 0 Å². The molecule has 0 spiro atoms. The number of carbonyl (C=O) groups excluding carboxylic acids is 1. The molecule has 2 aromatic heterocycles. The standard InChI is InChI=1S/C12H9Cl2N3O/c1-7-4-10(14)9(6-16-7)12(18)17-11-5-8(13)2-3-15-11/h2-6H,1H3,(H,15,17,18). The molecule has 6 heteroatoms. The van der Waals surface area contributed by atoms with E-state index in [9.17, 15) is 4.79 Å². The van der Waals surface area contributed by atoms with E-state index in [0.717, 1.165) is 5.69 Å². The van der Waals surface area contributed by atoms with Gasteiger partial charge in [-0.3, -0.25) is 9.78 Å². The van der Waals surface area contributed by atoms with Gasteiger partial charge in [0.2, 0.25) is 0 Å². The van der Waals surface area contributed by atoms with Gasteiger partial charge in [-0.1, -0.05) is 23.2 Å². The molecule has 4 nitrogen and oxygen atoms in total. The van der Waals surface area contributed by atoms with Gasteiger partial charge in [-0.05, 0) is 25.1 Å². The van der Waals surface area contributed by atoms with Gasteiger partial charge in [0.25, 0.3) is 5.91 Å². The maximum Gasteiger partial charge on any atom is 0.259 e. The number of amides is 1. The third-order valence-electron chi connectivity index (χ3n) is 2.20. The zero-order chi connectivity index (χ0) is 13.1. The third-order valence-corrected chi connectivity index (χ3v) is 2.75. The third kappa shape index (κ3) is 2.97. The molecular weight excluding hydrogens is 273 g/mol. The van der Waals surface area contributed by atoms with Crippen LogP contribution in [-0.2, 0) is 0 Å². The summed E-state index contributed by atoms with van der Waals surface area (Å²) in [6.07, 6.45) is 2.94. The fourth-order valence-corrected chi connectivity index (χ4v) is 1.80. The topological polar surface area (TPSA) is 54.9 Å². The van der Waals surface area contributed by atoms with Gasteiger partial charge in [0.1, 0.15) is 5.82 Å². The normalized spacial score (nSPS) is 10.2. The first-order valence-electron chi connectivity index (χ1n) is 5.11. The summed E-state index contributed by atoms with van der Waals surface area (Å²) in [6.45, 7) is 1.80. The highest BCUT2D eigenvalue weighted by molar-refractivity contribution is 6.34. The average molecular weight is 282 g/mol. The Morgan fingerprint density at radius 3 is 2.72 bits per heavy atom. The van der Waals surface area contributed by atoms with Crippen LogP contribution in [0.1, 0.15) is 16.1 Å². The fourth-order valence-electron chi connectivity index (χ4n) is 1.35. The molecule has 0 aliphatic carbocycles. The van der Waals surface area contributed by atoms with Crippen molar-refractivity contribution >= 4 is 34.9 Å². The monoisotopic (exact) mass is 281 g/mol. The minimum Gasteiger partial charge on any atom is -0.306 e. The molecule has 0 aliphatic rings. The van der Waals surface area contributed by atoms with Crippen LogP contribution in [0.4, 0.5) is 5.82 Å². The van der Waals surface area contributed by atoms with E-state index in [-0.39, 0.29) is 5.91 Å². The van der Waals surface area contributed by atoms with Crippen LogP contribution < -0.4 is 5.32 Å². The molecular formula is C12H9Cl2N3O. The summed E-state index contributed by atoms with van der Waals surface area (Å²) in [5, 5.41) is 3.44. The highest BCUT2D eigenvalue weighted by atomic mass is 35.5. The molecule has 0 unspecified atom stereocenters.